The maximum atomic E-state index is 13.4. The highest BCUT2D eigenvalue weighted by atomic mass is 35.5. The van der Waals surface area contributed by atoms with Crippen LogP contribution in [-0.4, -0.2) is 46.4 Å². The molecule has 0 amide bonds. The molecule has 0 saturated carbocycles. The van der Waals surface area contributed by atoms with Gasteiger partial charge in [-0.05, 0) is 42.5 Å². The van der Waals surface area contributed by atoms with Gasteiger partial charge < -0.3 is 0 Å². The molecule has 0 aromatic heterocycles. The molecule has 2 aliphatic rings. The highest BCUT2D eigenvalue weighted by Crippen LogP contribution is 2.43. The average Bonchev–Trinajstić information content (AvgIpc) is 2.95. The van der Waals surface area contributed by atoms with Crippen molar-refractivity contribution in [3.05, 3.63) is 59.1 Å². The number of nitrogens with zero attached hydrogens (tertiary/aromatic N) is 3. The van der Waals surface area contributed by atoms with Gasteiger partial charge in [0.25, 0.3) is 0 Å². The molecule has 0 bridgehead atoms. The number of halogens is 4. The third-order valence-corrected chi connectivity index (χ3v) is 7.73. The fraction of sp³-hybridized carbons (Fsp3) is 0.391. The first kappa shape index (κ1) is 23.5. The van der Waals surface area contributed by atoms with Crippen molar-refractivity contribution >= 4 is 57.8 Å². The molecule has 0 radical (unpaired) electrons. The normalized spacial score (nSPS) is 23.2. The molecule has 2 aromatic carbocycles. The molecular formula is C23H23ClF3N3S2. The van der Waals surface area contributed by atoms with E-state index in [1.807, 2.05) is 25.6 Å². The molecule has 0 aliphatic carbocycles. The van der Waals surface area contributed by atoms with Crippen LogP contribution in [0.3, 0.4) is 0 Å². The van der Waals surface area contributed by atoms with Crippen molar-refractivity contribution in [3.8, 4) is 0 Å². The molecule has 3 nitrogen and oxygen atoms in total. The molecular weight excluding hydrogens is 475 g/mol. The molecule has 170 valence electrons. The van der Waals surface area contributed by atoms with Gasteiger partial charge in [-0.3, -0.25) is 9.80 Å². The van der Waals surface area contributed by atoms with Crippen molar-refractivity contribution in [2.24, 2.45) is 10.4 Å². The molecule has 2 heterocycles. The lowest BCUT2D eigenvalue weighted by atomic mass is 9.86. The van der Waals surface area contributed by atoms with Crippen LogP contribution >= 0.6 is 35.6 Å². The molecule has 1 atom stereocenters. The zero-order chi connectivity index (χ0) is 23.1. The standard InChI is InChI=1S/C23H23ClF3N3S2/c1-22(2)19(29-10-12-32-13-11-29)20(28-17-8-6-16(24)7-9-17)30(21(22)31)18-5-3-4-15(14-18)23(25,26)27/h3-9,14,19H,10-13H2,1-2H3. The summed E-state index contributed by atoms with van der Waals surface area (Å²) >= 11 is 13.8. The van der Waals surface area contributed by atoms with E-state index in [1.54, 1.807) is 35.2 Å². The Morgan fingerprint density at radius 3 is 2.38 bits per heavy atom. The van der Waals surface area contributed by atoms with E-state index in [0.717, 1.165) is 36.7 Å². The molecule has 0 N–H and O–H groups in total. The number of benzene rings is 2. The van der Waals surface area contributed by atoms with E-state index >= 15 is 0 Å². The molecule has 2 aliphatic heterocycles. The van der Waals surface area contributed by atoms with E-state index in [2.05, 4.69) is 4.90 Å². The van der Waals surface area contributed by atoms with Crippen LogP contribution < -0.4 is 4.90 Å². The Balaban J connectivity index is 1.86. The molecule has 4 rings (SSSR count). The van der Waals surface area contributed by atoms with Crippen molar-refractivity contribution in [2.45, 2.75) is 26.1 Å². The van der Waals surface area contributed by atoms with E-state index < -0.39 is 17.2 Å². The summed E-state index contributed by atoms with van der Waals surface area (Å²) in [5, 5.41) is 0.593. The van der Waals surface area contributed by atoms with Gasteiger partial charge in [0.1, 0.15) is 5.84 Å². The Hall–Kier alpha value is -1.61. The predicted molar refractivity (Wildman–Crippen MR) is 132 cm³/mol. The summed E-state index contributed by atoms with van der Waals surface area (Å²) in [6.45, 7) is 5.84. The van der Waals surface area contributed by atoms with Gasteiger partial charge in [0.2, 0.25) is 0 Å². The van der Waals surface area contributed by atoms with Gasteiger partial charge in [-0.15, -0.1) is 0 Å². The topological polar surface area (TPSA) is 18.8 Å². The quantitative estimate of drug-likeness (QED) is 0.440. The fourth-order valence-electron chi connectivity index (χ4n) is 4.24. The van der Waals surface area contributed by atoms with Crippen LogP contribution in [0, 0.1) is 5.41 Å². The summed E-state index contributed by atoms with van der Waals surface area (Å²) in [5.74, 6) is 2.64. The van der Waals surface area contributed by atoms with E-state index in [0.29, 0.717) is 27.2 Å². The van der Waals surface area contributed by atoms with Crippen LogP contribution in [0.2, 0.25) is 5.02 Å². The summed E-state index contributed by atoms with van der Waals surface area (Å²) in [5.41, 5.74) is -0.145. The van der Waals surface area contributed by atoms with Crippen LogP contribution in [0.5, 0.6) is 0 Å². The van der Waals surface area contributed by atoms with Crippen LogP contribution in [0.4, 0.5) is 24.5 Å². The molecule has 2 fully saturated rings. The second kappa shape index (κ2) is 8.97. The Morgan fingerprint density at radius 1 is 1.09 bits per heavy atom. The summed E-state index contributed by atoms with van der Waals surface area (Å²) in [7, 11) is 0. The second-order valence-corrected chi connectivity index (χ2v) is 10.5. The summed E-state index contributed by atoms with van der Waals surface area (Å²) in [4.78, 5) is 9.56. The number of thioether (sulfide) groups is 1. The van der Waals surface area contributed by atoms with Crippen LogP contribution in [0.25, 0.3) is 0 Å². The van der Waals surface area contributed by atoms with Gasteiger partial charge in [0.15, 0.2) is 0 Å². The highest BCUT2D eigenvalue weighted by molar-refractivity contribution is 7.99. The SMILES string of the molecule is CC1(C)C(=S)N(c2cccc(C(F)(F)F)c2)C(=Nc2ccc(Cl)cc2)C1N1CCSCC1. The Morgan fingerprint density at radius 2 is 1.75 bits per heavy atom. The monoisotopic (exact) mass is 497 g/mol. The summed E-state index contributed by atoms with van der Waals surface area (Å²) < 4.78 is 40.3. The molecule has 32 heavy (non-hydrogen) atoms. The van der Waals surface area contributed by atoms with Crippen LogP contribution in [0.15, 0.2) is 53.5 Å². The van der Waals surface area contributed by atoms with E-state index in [9.17, 15) is 13.2 Å². The summed E-state index contributed by atoms with van der Waals surface area (Å²) in [6, 6.07) is 12.2. The van der Waals surface area contributed by atoms with E-state index in [1.165, 1.54) is 6.07 Å². The number of anilines is 1. The number of rotatable bonds is 3. The average molecular weight is 498 g/mol. The third kappa shape index (κ3) is 4.55. The molecule has 1 unspecified atom stereocenters. The predicted octanol–water partition coefficient (Wildman–Crippen LogP) is 6.68. The van der Waals surface area contributed by atoms with Crippen molar-refractivity contribution in [3.63, 3.8) is 0 Å². The van der Waals surface area contributed by atoms with E-state index in [-0.39, 0.29) is 6.04 Å². The van der Waals surface area contributed by atoms with Crippen molar-refractivity contribution in [1.29, 1.82) is 0 Å². The Bertz CT molecular complexity index is 1030. The number of hydrogen-bond donors (Lipinski definition) is 0. The van der Waals surface area contributed by atoms with Crippen LogP contribution in [0.1, 0.15) is 19.4 Å². The van der Waals surface area contributed by atoms with Gasteiger partial charge in [0.05, 0.1) is 22.3 Å². The maximum Gasteiger partial charge on any atom is 0.416 e. The Labute approximate surface area is 200 Å². The zero-order valence-electron chi connectivity index (χ0n) is 17.7. The minimum Gasteiger partial charge on any atom is -0.291 e. The van der Waals surface area contributed by atoms with Gasteiger partial charge in [-0.1, -0.05) is 43.7 Å². The molecule has 2 saturated heterocycles. The number of aliphatic imine (C=N–C) groups is 1. The lowest BCUT2D eigenvalue weighted by molar-refractivity contribution is -0.137. The number of amidine groups is 1. The van der Waals surface area contributed by atoms with Gasteiger partial charge in [-0.2, -0.15) is 24.9 Å². The minimum absolute atomic E-state index is 0.152. The largest absolute Gasteiger partial charge is 0.416 e. The van der Waals surface area contributed by atoms with Gasteiger partial charge in [0, 0.05) is 40.7 Å². The van der Waals surface area contributed by atoms with Gasteiger partial charge >= 0.3 is 6.18 Å². The third-order valence-electron chi connectivity index (χ3n) is 5.82. The zero-order valence-corrected chi connectivity index (χ0v) is 20.1. The number of alkyl halides is 3. The lowest BCUT2D eigenvalue weighted by Gasteiger charge is -2.37. The molecule has 0 spiro atoms. The van der Waals surface area contributed by atoms with Crippen molar-refractivity contribution < 1.29 is 13.2 Å². The lowest BCUT2D eigenvalue weighted by Crippen LogP contribution is -2.51. The first-order valence-electron chi connectivity index (χ1n) is 10.3. The molecule has 2 aromatic rings. The van der Waals surface area contributed by atoms with Gasteiger partial charge in [-0.25, -0.2) is 4.99 Å². The van der Waals surface area contributed by atoms with Crippen molar-refractivity contribution in [2.75, 3.05) is 29.5 Å². The highest BCUT2D eigenvalue weighted by Gasteiger charge is 2.52. The first-order chi connectivity index (χ1) is 15.1. The van der Waals surface area contributed by atoms with Crippen molar-refractivity contribution in [1.82, 2.24) is 4.90 Å². The fourth-order valence-corrected chi connectivity index (χ4v) is 5.61. The molecule has 9 heteroatoms. The minimum atomic E-state index is -4.44. The number of thiocarbonyl (C=S) groups is 1. The first-order valence-corrected chi connectivity index (χ1v) is 12.2. The van der Waals surface area contributed by atoms with Crippen LogP contribution in [-0.2, 0) is 6.18 Å². The number of hydrogen-bond acceptors (Lipinski definition) is 4. The Kier molecular flexibility index (Phi) is 6.60. The summed E-state index contributed by atoms with van der Waals surface area (Å²) in [6.07, 6.45) is -4.44. The smallest absolute Gasteiger partial charge is 0.291 e. The maximum absolute atomic E-state index is 13.4. The second-order valence-electron chi connectivity index (χ2n) is 8.41. The van der Waals surface area contributed by atoms with E-state index in [4.69, 9.17) is 28.8 Å².